The summed E-state index contributed by atoms with van der Waals surface area (Å²) >= 11 is 5.82. The van der Waals surface area contributed by atoms with Crippen molar-refractivity contribution in [1.29, 1.82) is 0 Å². The Labute approximate surface area is 182 Å². The number of hydrogen-bond donors (Lipinski definition) is 0. The summed E-state index contributed by atoms with van der Waals surface area (Å²) in [5, 5.41) is 0.341. The van der Waals surface area contributed by atoms with Gasteiger partial charge in [0.1, 0.15) is 18.0 Å². The van der Waals surface area contributed by atoms with Gasteiger partial charge in [-0.3, -0.25) is 0 Å². The van der Waals surface area contributed by atoms with Crippen LogP contribution in [0.1, 0.15) is 62.9 Å². The van der Waals surface area contributed by atoms with Gasteiger partial charge in [0.2, 0.25) is 5.88 Å². The molecule has 1 aliphatic heterocycles. The van der Waals surface area contributed by atoms with E-state index in [1.165, 1.54) is 6.07 Å². The molecular formula is C23H28ClFN2O3. The summed E-state index contributed by atoms with van der Waals surface area (Å²) < 4.78 is 25.5. The van der Waals surface area contributed by atoms with Crippen LogP contribution in [0.2, 0.25) is 5.02 Å². The Balaban J connectivity index is 1.82. The Bertz CT molecular complexity index is 941. The Hall–Kier alpha value is -2.34. The molecule has 1 aromatic carbocycles. The molecule has 0 unspecified atom stereocenters. The summed E-state index contributed by atoms with van der Waals surface area (Å²) in [5.74, 6) is 0.239. The van der Waals surface area contributed by atoms with Gasteiger partial charge < -0.3 is 14.4 Å². The third kappa shape index (κ3) is 5.42. The lowest BCUT2D eigenvalue weighted by Gasteiger charge is -2.31. The SMILES string of the molecule is CC(C)c1cc2c(nc1OCc1ccc(Cl)cc1F)CN(C(=O)OC(C)(C)C)CC2. The van der Waals surface area contributed by atoms with E-state index in [1.807, 2.05) is 20.8 Å². The van der Waals surface area contributed by atoms with E-state index >= 15 is 0 Å². The lowest BCUT2D eigenvalue weighted by molar-refractivity contribution is 0.0220. The Kier molecular flexibility index (Phi) is 6.56. The number of pyridine rings is 1. The summed E-state index contributed by atoms with van der Waals surface area (Å²) in [6.45, 7) is 10.6. The van der Waals surface area contributed by atoms with E-state index in [2.05, 4.69) is 19.9 Å². The molecule has 1 amide bonds. The van der Waals surface area contributed by atoms with Gasteiger partial charge in [-0.15, -0.1) is 0 Å². The van der Waals surface area contributed by atoms with Crippen molar-refractivity contribution in [2.45, 2.75) is 65.7 Å². The van der Waals surface area contributed by atoms with E-state index in [-0.39, 0.29) is 18.6 Å². The van der Waals surface area contributed by atoms with Gasteiger partial charge in [-0.1, -0.05) is 31.5 Å². The lowest BCUT2D eigenvalue weighted by Crippen LogP contribution is -2.40. The van der Waals surface area contributed by atoms with Crippen LogP contribution in [0.25, 0.3) is 0 Å². The first kappa shape index (κ1) is 22.3. The van der Waals surface area contributed by atoms with Crippen LogP contribution in [0.3, 0.4) is 0 Å². The molecule has 5 nitrogen and oxygen atoms in total. The fourth-order valence-corrected chi connectivity index (χ4v) is 3.42. The number of carbonyl (C=O) groups excluding carboxylic acids is 1. The zero-order chi connectivity index (χ0) is 22.1. The Morgan fingerprint density at radius 3 is 2.67 bits per heavy atom. The largest absolute Gasteiger partial charge is 0.472 e. The molecule has 2 heterocycles. The van der Waals surface area contributed by atoms with Crippen LogP contribution in [0.4, 0.5) is 9.18 Å². The molecule has 0 spiro atoms. The average molecular weight is 435 g/mol. The highest BCUT2D eigenvalue weighted by Gasteiger charge is 2.28. The van der Waals surface area contributed by atoms with Crippen molar-refractivity contribution in [2.75, 3.05) is 6.54 Å². The van der Waals surface area contributed by atoms with Crippen molar-refractivity contribution < 1.29 is 18.7 Å². The molecule has 7 heteroatoms. The molecule has 0 saturated heterocycles. The van der Waals surface area contributed by atoms with E-state index in [4.69, 9.17) is 26.1 Å². The van der Waals surface area contributed by atoms with Crippen molar-refractivity contribution in [1.82, 2.24) is 9.88 Å². The number of benzene rings is 1. The molecule has 1 aromatic heterocycles. The first-order valence-corrected chi connectivity index (χ1v) is 10.5. The van der Waals surface area contributed by atoms with Crippen molar-refractivity contribution >= 4 is 17.7 Å². The minimum atomic E-state index is -0.552. The van der Waals surface area contributed by atoms with Gasteiger partial charge >= 0.3 is 6.09 Å². The fourth-order valence-electron chi connectivity index (χ4n) is 3.26. The first-order chi connectivity index (χ1) is 14.0. The third-order valence-corrected chi connectivity index (χ3v) is 5.06. The third-order valence-electron chi connectivity index (χ3n) is 4.83. The highest BCUT2D eigenvalue weighted by atomic mass is 35.5. The monoisotopic (exact) mass is 434 g/mol. The number of rotatable bonds is 4. The Morgan fingerprint density at radius 1 is 1.30 bits per heavy atom. The minimum absolute atomic E-state index is 0.0459. The summed E-state index contributed by atoms with van der Waals surface area (Å²) in [6, 6.07) is 6.59. The molecule has 0 radical (unpaired) electrons. The molecule has 0 fully saturated rings. The van der Waals surface area contributed by atoms with E-state index in [0.29, 0.717) is 36.0 Å². The predicted octanol–water partition coefficient (Wildman–Crippen LogP) is 5.87. The fraction of sp³-hybridized carbons (Fsp3) is 0.478. The first-order valence-electron chi connectivity index (χ1n) is 10.1. The van der Waals surface area contributed by atoms with Crippen molar-refractivity contribution in [3.8, 4) is 5.88 Å². The quantitative estimate of drug-likeness (QED) is 0.603. The van der Waals surface area contributed by atoms with Crippen LogP contribution < -0.4 is 4.74 Å². The van der Waals surface area contributed by atoms with E-state index in [0.717, 1.165) is 16.8 Å². The molecule has 3 rings (SSSR count). The smallest absolute Gasteiger partial charge is 0.410 e. The topological polar surface area (TPSA) is 51.7 Å². The molecule has 1 aliphatic rings. The summed E-state index contributed by atoms with van der Waals surface area (Å²) in [6.07, 6.45) is 0.349. The standard InChI is InChI=1S/C23H28ClFN2O3/c1-14(2)18-10-15-8-9-27(22(28)30-23(3,4)5)12-20(15)26-21(18)29-13-16-6-7-17(24)11-19(16)25/h6-7,10-11,14H,8-9,12-13H2,1-5H3. The number of carbonyl (C=O) groups is 1. The van der Waals surface area contributed by atoms with Crippen LogP contribution in [-0.4, -0.2) is 28.1 Å². The molecule has 0 N–H and O–H groups in total. The number of hydrogen-bond acceptors (Lipinski definition) is 4. The molecule has 162 valence electrons. The highest BCUT2D eigenvalue weighted by molar-refractivity contribution is 6.30. The number of fused-ring (bicyclic) bond motifs is 1. The van der Waals surface area contributed by atoms with E-state index < -0.39 is 11.4 Å². The molecule has 2 aromatic rings. The average Bonchev–Trinajstić information content (AvgIpc) is 2.64. The van der Waals surface area contributed by atoms with Gasteiger partial charge in [-0.25, -0.2) is 14.2 Å². The normalized spacial score (nSPS) is 13.9. The van der Waals surface area contributed by atoms with E-state index in [9.17, 15) is 9.18 Å². The van der Waals surface area contributed by atoms with Crippen LogP contribution in [-0.2, 0) is 24.3 Å². The maximum absolute atomic E-state index is 14.1. The van der Waals surface area contributed by atoms with Crippen LogP contribution >= 0.6 is 11.6 Å². The molecular weight excluding hydrogens is 407 g/mol. The molecule has 0 aliphatic carbocycles. The van der Waals surface area contributed by atoms with Crippen molar-refractivity contribution in [2.24, 2.45) is 0 Å². The molecule has 0 bridgehead atoms. The van der Waals surface area contributed by atoms with Crippen LogP contribution in [0.5, 0.6) is 5.88 Å². The zero-order valence-corrected chi connectivity index (χ0v) is 18.8. The number of nitrogens with zero attached hydrogens (tertiary/aromatic N) is 2. The van der Waals surface area contributed by atoms with Gasteiger partial charge in [0.25, 0.3) is 0 Å². The van der Waals surface area contributed by atoms with Crippen LogP contribution in [0.15, 0.2) is 24.3 Å². The van der Waals surface area contributed by atoms with Gasteiger partial charge in [0, 0.05) is 22.7 Å². The maximum atomic E-state index is 14.1. The molecule has 0 saturated carbocycles. The second-order valence-corrected chi connectivity index (χ2v) is 9.26. The summed E-state index contributed by atoms with van der Waals surface area (Å²) in [5.41, 5.74) is 2.70. The second kappa shape index (κ2) is 8.80. The molecule has 0 atom stereocenters. The number of aromatic nitrogens is 1. The van der Waals surface area contributed by atoms with Gasteiger partial charge in [-0.05, 0) is 56.9 Å². The second-order valence-electron chi connectivity index (χ2n) is 8.82. The van der Waals surface area contributed by atoms with E-state index in [1.54, 1.807) is 17.0 Å². The lowest BCUT2D eigenvalue weighted by atomic mass is 9.97. The zero-order valence-electron chi connectivity index (χ0n) is 18.1. The van der Waals surface area contributed by atoms with Crippen LogP contribution in [0, 0.1) is 5.82 Å². The van der Waals surface area contributed by atoms with Gasteiger partial charge in [-0.2, -0.15) is 0 Å². The number of amides is 1. The summed E-state index contributed by atoms with van der Waals surface area (Å²) in [7, 11) is 0. The van der Waals surface area contributed by atoms with Crippen molar-refractivity contribution in [3.63, 3.8) is 0 Å². The maximum Gasteiger partial charge on any atom is 0.410 e. The molecule has 30 heavy (non-hydrogen) atoms. The Morgan fingerprint density at radius 2 is 2.03 bits per heavy atom. The highest BCUT2D eigenvalue weighted by Crippen LogP contribution is 2.31. The number of ether oxygens (including phenoxy) is 2. The summed E-state index contributed by atoms with van der Waals surface area (Å²) in [4.78, 5) is 18.8. The number of halogens is 2. The predicted molar refractivity (Wildman–Crippen MR) is 114 cm³/mol. The van der Waals surface area contributed by atoms with Gasteiger partial charge in [0.15, 0.2) is 0 Å². The van der Waals surface area contributed by atoms with Crippen molar-refractivity contribution in [3.05, 3.63) is 57.5 Å². The van der Waals surface area contributed by atoms with Gasteiger partial charge in [0.05, 0.1) is 12.2 Å². The minimum Gasteiger partial charge on any atom is -0.472 e.